The molecule has 4 atom stereocenters. The Kier molecular flexibility index (Phi) is 8.87. The molecule has 1 aromatic rings. The molecule has 11 heteroatoms. The lowest BCUT2D eigenvalue weighted by Crippen LogP contribution is -2.27. The number of benzene rings is 1. The first kappa shape index (κ1) is 26.3. The monoisotopic (exact) mass is 488 g/mol. The average molecular weight is 489 g/mol. The van der Waals surface area contributed by atoms with Gasteiger partial charge in [0.05, 0.1) is 23.8 Å². The summed E-state index contributed by atoms with van der Waals surface area (Å²) in [5, 5.41) is 18.4. The molecule has 180 valence electrons. The highest BCUT2D eigenvalue weighted by Crippen LogP contribution is 2.41. The van der Waals surface area contributed by atoms with Gasteiger partial charge in [0.2, 0.25) is 0 Å². The molecular weight excluding hydrogens is 466 g/mol. The van der Waals surface area contributed by atoms with Gasteiger partial charge in [0, 0.05) is 17.7 Å². The minimum absolute atomic E-state index is 0.0179. The molecule has 0 unspecified atom stereocenters. The highest BCUT2D eigenvalue weighted by atomic mass is 35.5. The van der Waals surface area contributed by atoms with Crippen LogP contribution in [0.3, 0.4) is 0 Å². The Hall–Kier alpha value is -1.94. The number of aliphatic carboxylic acids is 1. The van der Waals surface area contributed by atoms with Crippen LogP contribution in [0.1, 0.15) is 43.2 Å². The number of unbranched alkanes of at least 4 members (excludes halogenated alkanes) is 1. The zero-order valence-corrected chi connectivity index (χ0v) is 17.6. The van der Waals surface area contributed by atoms with Crippen molar-refractivity contribution in [3.8, 4) is 5.75 Å². The number of aliphatic hydroxyl groups excluding tert-OH is 1. The zero-order chi connectivity index (χ0) is 24.1. The van der Waals surface area contributed by atoms with Gasteiger partial charge >= 0.3 is 18.3 Å². The summed E-state index contributed by atoms with van der Waals surface area (Å²) < 4.78 is 83.3. The summed E-state index contributed by atoms with van der Waals surface area (Å²) >= 11 is 6.28. The molecule has 0 heterocycles. The smallest absolute Gasteiger partial charge is 0.416 e. The second-order valence-corrected chi connectivity index (χ2v) is 8.25. The van der Waals surface area contributed by atoms with Gasteiger partial charge in [0.1, 0.15) is 5.75 Å². The van der Waals surface area contributed by atoms with E-state index >= 15 is 0 Å². The Labute approximate surface area is 185 Å². The molecule has 0 spiro atoms. The number of ether oxygens (including phenoxy) is 1. The quantitative estimate of drug-likeness (QED) is 0.196. The van der Waals surface area contributed by atoms with Crippen LogP contribution in [0.4, 0.5) is 26.3 Å². The van der Waals surface area contributed by atoms with Crippen LogP contribution in [0, 0.1) is 11.8 Å². The zero-order valence-electron chi connectivity index (χ0n) is 16.8. The Bertz CT molecular complexity index is 776. The molecule has 2 rings (SSSR count). The normalized spacial score (nSPS) is 24.2. The summed E-state index contributed by atoms with van der Waals surface area (Å²) in [5.41, 5.74) is -2.96. The number of halogens is 7. The van der Waals surface area contributed by atoms with Gasteiger partial charge in [-0.05, 0) is 49.8 Å². The van der Waals surface area contributed by atoms with Gasteiger partial charge in [-0.3, -0.25) is 4.79 Å². The van der Waals surface area contributed by atoms with Crippen molar-refractivity contribution >= 4 is 17.6 Å². The lowest BCUT2D eigenvalue weighted by Gasteiger charge is -2.23. The van der Waals surface area contributed by atoms with Crippen molar-refractivity contribution in [1.82, 2.24) is 0 Å². The third kappa shape index (κ3) is 7.58. The molecule has 0 radical (unpaired) electrons. The first-order valence-electron chi connectivity index (χ1n) is 9.90. The van der Waals surface area contributed by atoms with Gasteiger partial charge in [0.15, 0.2) is 0 Å². The highest BCUT2D eigenvalue weighted by Gasteiger charge is 2.42. The molecule has 1 aliphatic carbocycles. The van der Waals surface area contributed by atoms with Crippen LogP contribution in [-0.2, 0) is 17.1 Å². The molecule has 1 aromatic carbocycles. The van der Waals surface area contributed by atoms with Crippen molar-refractivity contribution in [3.63, 3.8) is 0 Å². The fourth-order valence-electron chi connectivity index (χ4n) is 3.64. The molecule has 0 aliphatic heterocycles. The minimum Gasteiger partial charge on any atom is -0.493 e. The SMILES string of the molecule is O=C(O)CCCC=CC[C@@H]1[C@@H](COc2cc(C(F)(F)F)cc(C(F)(F)F)c2)[C@H](O)C[C@H]1Cl. The lowest BCUT2D eigenvalue weighted by molar-refractivity contribution is -0.143. The maximum absolute atomic E-state index is 13.0. The van der Waals surface area contributed by atoms with Crippen molar-refractivity contribution in [3.05, 3.63) is 41.5 Å². The number of aliphatic hydroxyl groups is 1. The van der Waals surface area contributed by atoms with Crippen LogP contribution < -0.4 is 4.74 Å². The van der Waals surface area contributed by atoms with E-state index in [2.05, 4.69) is 0 Å². The molecule has 4 nitrogen and oxygen atoms in total. The third-order valence-electron chi connectivity index (χ3n) is 5.32. The Morgan fingerprint density at radius 2 is 1.66 bits per heavy atom. The topological polar surface area (TPSA) is 66.8 Å². The predicted octanol–water partition coefficient (Wildman–Crippen LogP) is 5.91. The number of carboxylic acid groups (broad SMARTS) is 1. The first-order chi connectivity index (χ1) is 14.8. The summed E-state index contributed by atoms with van der Waals surface area (Å²) in [6, 6.07) is 1.00. The Morgan fingerprint density at radius 3 is 2.19 bits per heavy atom. The van der Waals surface area contributed by atoms with Crippen molar-refractivity contribution in [1.29, 1.82) is 0 Å². The molecule has 0 aromatic heterocycles. The van der Waals surface area contributed by atoms with E-state index in [1.165, 1.54) is 0 Å². The van der Waals surface area contributed by atoms with Gasteiger partial charge in [-0.1, -0.05) is 12.2 Å². The van der Waals surface area contributed by atoms with Crippen LogP contribution >= 0.6 is 11.6 Å². The van der Waals surface area contributed by atoms with Crippen molar-refractivity contribution < 1.29 is 46.1 Å². The van der Waals surface area contributed by atoms with E-state index < -0.39 is 52.6 Å². The molecule has 2 N–H and O–H groups in total. The molecule has 1 fully saturated rings. The summed E-state index contributed by atoms with van der Waals surface area (Å²) in [6.07, 6.45) is -5.72. The molecule has 1 saturated carbocycles. The summed E-state index contributed by atoms with van der Waals surface area (Å²) in [6.45, 7) is -0.305. The largest absolute Gasteiger partial charge is 0.493 e. The fourth-order valence-corrected chi connectivity index (χ4v) is 4.11. The van der Waals surface area contributed by atoms with E-state index in [0.717, 1.165) is 0 Å². The Balaban J connectivity index is 2.08. The van der Waals surface area contributed by atoms with E-state index in [0.29, 0.717) is 31.4 Å². The van der Waals surface area contributed by atoms with Crippen molar-refractivity contribution in [2.45, 2.75) is 55.9 Å². The summed E-state index contributed by atoms with van der Waals surface area (Å²) in [4.78, 5) is 10.5. The maximum Gasteiger partial charge on any atom is 0.416 e. The van der Waals surface area contributed by atoms with Crippen LogP contribution in [-0.4, -0.2) is 34.3 Å². The molecule has 0 bridgehead atoms. The number of alkyl halides is 7. The number of rotatable bonds is 9. The molecule has 0 amide bonds. The lowest BCUT2D eigenvalue weighted by atomic mass is 9.92. The van der Waals surface area contributed by atoms with Crippen LogP contribution in [0.25, 0.3) is 0 Å². The average Bonchev–Trinajstić information content (AvgIpc) is 2.93. The minimum atomic E-state index is -4.98. The highest BCUT2D eigenvalue weighted by molar-refractivity contribution is 6.21. The predicted molar refractivity (Wildman–Crippen MR) is 104 cm³/mol. The van der Waals surface area contributed by atoms with Gasteiger partial charge < -0.3 is 14.9 Å². The van der Waals surface area contributed by atoms with E-state index in [1.54, 1.807) is 12.2 Å². The van der Waals surface area contributed by atoms with E-state index in [4.69, 9.17) is 21.4 Å². The van der Waals surface area contributed by atoms with Gasteiger partial charge in [-0.15, -0.1) is 11.6 Å². The van der Waals surface area contributed by atoms with Crippen LogP contribution in [0.15, 0.2) is 30.4 Å². The van der Waals surface area contributed by atoms with Gasteiger partial charge in [-0.2, -0.15) is 26.3 Å². The van der Waals surface area contributed by atoms with Gasteiger partial charge in [0.25, 0.3) is 0 Å². The Morgan fingerprint density at radius 1 is 1.06 bits per heavy atom. The van der Waals surface area contributed by atoms with Gasteiger partial charge in [-0.25, -0.2) is 0 Å². The van der Waals surface area contributed by atoms with Crippen LogP contribution in [0.5, 0.6) is 5.75 Å². The van der Waals surface area contributed by atoms with Crippen LogP contribution in [0.2, 0.25) is 0 Å². The number of hydrogen-bond donors (Lipinski definition) is 2. The summed E-state index contributed by atoms with van der Waals surface area (Å²) in [5.74, 6) is -2.40. The maximum atomic E-state index is 13.0. The van der Waals surface area contributed by atoms with E-state index in [9.17, 15) is 36.2 Å². The number of hydrogen-bond acceptors (Lipinski definition) is 3. The first-order valence-corrected chi connectivity index (χ1v) is 10.3. The molecule has 32 heavy (non-hydrogen) atoms. The molecule has 0 saturated heterocycles. The standard InChI is InChI=1S/C21H23ClF6O4/c22-17-10-18(29)16(15(17)5-3-1-2-4-6-19(30)31)11-32-14-8-12(20(23,24)25)7-13(9-14)21(26,27)28/h1,3,7-9,15-18,29H,2,4-6,10-11H2,(H,30,31)/t15-,16-,17-,18-/m1/s1. The number of carboxylic acids is 1. The van der Waals surface area contributed by atoms with E-state index in [-0.39, 0.29) is 31.4 Å². The third-order valence-corrected chi connectivity index (χ3v) is 5.82. The number of allylic oxidation sites excluding steroid dienone is 2. The molecular formula is C21H23ClF6O4. The van der Waals surface area contributed by atoms with Crippen molar-refractivity contribution in [2.75, 3.05) is 6.61 Å². The molecule has 1 aliphatic rings. The summed E-state index contributed by atoms with van der Waals surface area (Å²) in [7, 11) is 0. The van der Waals surface area contributed by atoms with Crippen molar-refractivity contribution in [2.24, 2.45) is 11.8 Å². The fraction of sp³-hybridized carbons (Fsp3) is 0.571. The second-order valence-electron chi connectivity index (χ2n) is 7.69. The second kappa shape index (κ2) is 10.8. The number of carbonyl (C=O) groups is 1. The van der Waals surface area contributed by atoms with E-state index in [1.807, 2.05) is 0 Å².